The number of hydrogen-bond acceptors (Lipinski definition) is 2. The average molecular weight is 364 g/mol. The second kappa shape index (κ2) is 9.01. The van der Waals surface area contributed by atoms with Crippen LogP contribution in [0, 0.1) is 0 Å². The summed E-state index contributed by atoms with van der Waals surface area (Å²) in [5.41, 5.74) is 3.59. The Labute approximate surface area is 162 Å². The number of benzene rings is 2. The number of carbonyl (C=O) groups excluding carboxylic acids is 1. The van der Waals surface area contributed by atoms with Crippen molar-refractivity contribution in [1.29, 1.82) is 0 Å². The predicted molar refractivity (Wildman–Crippen MR) is 111 cm³/mol. The van der Waals surface area contributed by atoms with E-state index in [1.807, 2.05) is 12.1 Å². The van der Waals surface area contributed by atoms with Crippen molar-refractivity contribution in [2.75, 3.05) is 19.8 Å². The Bertz CT molecular complexity index is 757. The van der Waals surface area contributed by atoms with Crippen LogP contribution in [0.1, 0.15) is 49.3 Å². The lowest BCUT2D eigenvalue weighted by Gasteiger charge is -2.37. The molecular formula is C24H29NO2. The Morgan fingerprint density at radius 1 is 1.07 bits per heavy atom. The van der Waals surface area contributed by atoms with E-state index in [-0.39, 0.29) is 11.3 Å². The first-order valence-corrected chi connectivity index (χ1v) is 9.78. The van der Waals surface area contributed by atoms with Crippen LogP contribution in [0.2, 0.25) is 0 Å². The molecule has 1 aliphatic heterocycles. The van der Waals surface area contributed by atoms with Gasteiger partial charge in [-0.2, -0.15) is 0 Å². The maximum Gasteiger partial charge on any atom is 0.244 e. The van der Waals surface area contributed by atoms with Crippen LogP contribution in [0.25, 0.3) is 6.08 Å². The number of amides is 1. The molecule has 2 aromatic rings. The first kappa shape index (κ1) is 19.4. The van der Waals surface area contributed by atoms with Crippen molar-refractivity contribution in [1.82, 2.24) is 5.32 Å². The molecule has 0 aliphatic carbocycles. The summed E-state index contributed by atoms with van der Waals surface area (Å²) in [6.07, 6.45) is 5.36. The Morgan fingerprint density at radius 2 is 1.74 bits per heavy atom. The van der Waals surface area contributed by atoms with Crippen LogP contribution in [0.5, 0.6) is 0 Å². The normalized spacial score (nSPS) is 16.6. The molecule has 0 bridgehead atoms. The monoisotopic (exact) mass is 363 g/mol. The summed E-state index contributed by atoms with van der Waals surface area (Å²) in [5.74, 6) is 0.463. The molecule has 27 heavy (non-hydrogen) atoms. The van der Waals surface area contributed by atoms with Crippen molar-refractivity contribution >= 4 is 12.0 Å². The van der Waals surface area contributed by atoms with Gasteiger partial charge >= 0.3 is 0 Å². The third-order valence-electron chi connectivity index (χ3n) is 5.47. The number of ether oxygens (including phenoxy) is 1. The van der Waals surface area contributed by atoms with Crippen molar-refractivity contribution in [2.24, 2.45) is 0 Å². The van der Waals surface area contributed by atoms with Gasteiger partial charge in [-0.25, -0.2) is 0 Å². The fourth-order valence-electron chi connectivity index (χ4n) is 3.60. The minimum atomic E-state index is -0.0512. The van der Waals surface area contributed by atoms with E-state index in [1.54, 1.807) is 6.08 Å². The molecule has 0 unspecified atom stereocenters. The summed E-state index contributed by atoms with van der Waals surface area (Å²) in [5, 5.41) is 3.11. The standard InChI is InChI=1S/C24H29NO2/c1-19(2)21-11-8-20(9-12-21)10-13-23(26)25-18-24(14-16-27-17-15-24)22-6-4-3-5-7-22/h3-13,19H,14-18H2,1-2H3,(H,25,26). The summed E-state index contributed by atoms with van der Waals surface area (Å²) in [7, 11) is 0. The van der Waals surface area contributed by atoms with Crippen molar-refractivity contribution < 1.29 is 9.53 Å². The molecule has 0 aromatic heterocycles. The SMILES string of the molecule is CC(C)c1ccc(C=CC(=O)NCC2(c3ccccc3)CCOCC2)cc1. The van der Waals surface area contributed by atoms with Crippen LogP contribution in [0.4, 0.5) is 0 Å². The molecule has 0 saturated carbocycles. The molecule has 3 nitrogen and oxygen atoms in total. The van der Waals surface area contributed by atoms with E-state index in [1.165, 1.54) is 11.1 Å². The number of carbonyl (C=O) groups is 1. The lowest BCUT2D eigenvalue weighted by molar-refractivity contribution is -0.116. The number of nitrogens with one attached hydrogen (secondary N) is 1. The predicted octanol–water partition coefficient (Wildman–Crippen LogP) is 4.69. The minimum absolute atomic E-state index is 0.0398. The summed E-state index contributed by atoms with van der Waals surface area (Å²) >= 11 is 0. The first-order chi connectivity index (χ1) is 13.1. The van der Waals surface area contributed by atoms with Gasteiger partial charge in [-0.15, -0.1) is 0 Å². The highest BCUT2D eigenvalue weighted by Crippen LogP contribution is 2.34. The molecule has 1 saturated heterocycles. The Morgan fingerprint density at radius 3 is 2.37 bits per heavy atom. The summed E-state index contributed by atoms with van der Waals surface area (Å²) in [6.45, 7) is 6.47. The smallest absolute Gasteiger partial charge is 0.244 e. The molecule has 3 heteroatoms. The first-order valence-electron chi connectivity index (χ1n) is 9.78. The fourth-order valence-corrected chi connectivity index (χ4v) is 3.60. The van der Waals surface area contributed by atoms with E-state index >= 15 is 0 Å². The molecule has 2 aromatic carbocycles. The van der Waals surface area contributed by atoms with Gasteiger partial charge in [-0.1, -0.05) is 68.4 Å². The number of hydrogen-bond donors (Lipinski definition) is 1. The van der Waals surface area contributed by atoms with Gasteiger partial charge in [-0.05, 0) is 41.5 Å². The Balaban J connectivity index is 1.62. The highest BCUT2D eigenvalue weighted by atomic mass is 16.5. The van der Waals surface area contributed by atoms with E-state index in [2.05, 4.69) is 67.7 Å². The fraction of sp³-hybridized carbons (Fsp3) is 0.375. The Kier molecular flexibility index (Phi) is 6.46. The lowest BCUT2D eigenvalue weighted by atomic mass is 9.74. The molecule has 3 rings (SSSR count). The highest BCUT2D eigenvalue weighted by Gasteiger charge is 2.34. The minimum Gasteiger partial charge on any atom is -0.381 e. The molecule has 1 N–H and O–H groups in total. The van der Waals surface area contributed by atoms with Crippen molar-refractivity contribution in [3.05, 3.63) is 77.4 Å². The third-order valence-corrected chi connectivity index (χ3v) is 5.47. The van der Waals surface area contributed by atoms with Gasteiger partial charge in [0.25, 0.3) is 0 Å². The zero-order valence-electron chi connectivity index (χ0n) is 16.3. The zero-order valence-corrected chi connectivity index (χ0v) is 16.3. The highest BCUT2D eigenvalue weighted by molar-refractivity contribution is 5.91. The summed E-state index contributed by atoms with van der Waals surface area (Å²) < 4.78 is 5.56. The van der Waals surface area contributed by atoms with Gasteiger partial charge in [0.1, 0.15) is 0 Å². The van der Waals surface area contributed by atoms with E-state index in [0.29, 0.717) is 12.5 Å². The number of rotatable bonds is 6. The molecule has 0 spiro atoms. The maximum atomic E-state index is 12.4. The van der Waals surface area contributed by atoms with Crippen LogP contribution in [0.3, 0.4) is 0 Å². The van der Waals surface area contributed by atoms with Crippen molar-refractivity contribution in [3.8, 4) is 0 Å². The van der Waals surface area contributed by atoms with Crippen LogP contribution in [-0.4, -0.2) is 25.7 Å². The molecular weight excluding hydrogens is 334 g/mol. The molecule has 1 fully saturated rings. The van der Waals surface area contributed by atoms with Gasteiger partial charge in [0.05, 0.1) is 0 Å². The van der Waals surface area contributed by atoms with Gasteiger partial charge in [0.2, 0.25) is 5.91 Å². The van der Waals surface area contributed by atoms with Gasteiger partial charge in [-0.3, -0.25) is 4.79 Å². The van der Waals surface area contributed by atoms with Crippen LogP contribution < -0.4 is 5.32 Å². The van der Waals surface area contributed by atoms with Gasteiger partial charge in [0, 0.05) is 31.2 Å². The van der Waals surface area contributed by atoms with E-state index in [4.69, 9.17) is 4.74 Å². The molecule has 142 valence electrons. The van der Waals surface area contributed by atoms with Gasteiger partial charge < -0.3 is 10.1 Å². The van der Waals surface area contributed by atoms with E-state index < -0.39 is 0 Å². The molecule has 1 heterocycles. The van der Waals surface area contributed by atoms with E-state index in [9.17, 15) is 4.79 Å². The molecule has 0 atom stereocenters. The summed E-state index contributed by atoms with van der Waals surface area (Å²) in [6, 6.07) is 18.8. The van der Waals surface area contributed by atoms with Crippen LogP contribution in [0.15, 0.2) is 60.7 Å². The Hall–Kier alpha value is -2.39. The second-order valence-corrected chi connectivity index (χ2v) is 7.63. The lowest BCUT2D eigenvalue weighted by Crippen LogP contribution is -2.44. The largest absolute Gasteiger partial charge is 0.381 e. The van der Waals surface area contributed by atoms with Crippen molar-refractivity contribution in [3.63, 3.8) is 0 Å². The van der Waals surface area contributed by atoms with Gasteiger partial charge in [0.15, 0.2) is 0 Å². The van der Waals surface area contributed by atoms with Crippen LogP contribution >= 0.6 is 0 Å². The maximum absolute atomic E-state index is 12.4. The summed E-state index contributed by atoms with van der Waals surface area (Å²) in [4.78, 5) is 12.4. The quantitative estimate of drug-likeness (QED) is 0.756. The zero-order chi connectivity index (χ0) is 19.1. The molecule has 1 amide bonds. The molecule has 0 radical (unpaired) electrons. The third kappa shape index (κ3) is 5.08. The second-order valence-electron chi connectivity index (χ2n) is 7.63. The topological polar surface area (TPSA) is 38.3 Å². The average Bonchev–Trinajstić information content (AvgIpc) is 2.72. The van der Waals surface area contributed by atoms with Crippen molar-refractivity contribution in [2.45, 2.75) is 38.0 Å². The molecule has 1 aliphatic rings. The van der Waals surface area contributed by atoms with Crippen LogP contribution in [-0.2, 0) is 14.9 Å². The van der Waals surface area contributed by atoms with E-state index in [0.717, 1.165) is 31.6 Å².